The highest BCUT2D eigenvalue weighted by molar-refractivity contribution is 5.35. The van der Waals surface area contributed by atoms with E-state index < -0.39 is 0 Å². The highest BCUT2D eigenvalue weighted by atomic mass is 15.3. The van der Waals surface area contributed by atoms with Crippen LogP contribution in [0.1, 0.15) is 17.7 Å². The Balaban J connectivity index is 2.33. The van der Waals surface area contributed by atoms with Crippen molar-refractivity contribution in [2.75, 3.05) is 11.9 Å². The first kappa shape index (κ1) is 7.12. The van der Waals surface area contributed by atoms with Gasteiger partial charge in [-0.1, -0.05) is 0 Å². The van der Waals surface area contributed by atoms with Gasteiger partial charge in [-0.3, -0.25) is 9.98 Å². The first-order valence-corrected chi connectivity index (χ1v) is 4.77. The molecule has 0 radical (unpaired) electrons. The van der Waals surface area contributed by atoms with Crippen molar-refractivity contribution < 1.29 is 0 Å². The summed E-state index contributed by atoms with van der Waals surface area (Å²) in [5, 5.41) is 11.2. The molecule has 0 aromatic carbocycles. The molecule has 3 rings (SSSR count). The van der Waals surface area contributed by atoms with E-state index in [9.17, 15) is 0 Å². The lowest BCUT2D eigenvalue weighted by atomic mass is 10.2. The van der Waals surface area contributed by atoms with E-state index in [1.54, 1.807) is 0 Å². The average Bonchev–Trinajstić information content (AvgIpc) is 2.71. The topological polar surface area (TPSA) is 53.7 Å². The van der Waals surface area contributed by atoms with Gasteiger partial charge in [-0.25, -0.2) is 4.98 Å². The molecule has 13 heavy (non-hydrogen) atoms. The van der Waals surface area contributed by atoms with Crippen molar-refractivity contribution in [3.05, 3.63) is 16.7 Å². The molecule has 0 bridgehead atoms. The zero-order valence-corrected chi connectivity index (χ0v) is 7.43. The molecule has 0 spiro atoms. The van der Waals surface area contributed by atoms with E-state index in [2.05, 4.69) is 10.3 Å². The van der Waals surface area contributed by atoms with Crippen molar-refractivity contribution in [3.8, 4) is 0 Å². The Morgan fingerprint density at radius 3 is 3.23 bits per heavy atom. The average molecular weight is 176 g/mol. The quantitative estimate of drug-likeness (QED) is 0.596. The van der Waals surface area contributed by atoms with Gasteiger partial charge in [-0.2, -0.15) is 0 Å². The minimum absolute atomic E-state index is 0.683. The lowest BCUT2D eigenvalue weighted by molar-refractivity contribution is 0.719. The van der Waals surface area contributed by atoms with Crippen LogP contribution in [-0.2, 0) is 19.4 Å². The van der Waals surface area contributed by atoms with Gasteiger partial charge >= 0.3 is 0 Å². The number of nitrogens with zero attached hydrogens (tertiary/aromatic N) is 2. The summed E-state index contributed by atoms with van der Waals surface area (Å²) in [5.74, 6) is 0.894. The molecule has 0 saturated heterocycles. The predicted molar refractivity (Wildman–Crippen MR) is 48.6 cm³/mol. The lowest BCUT2D eigenvalue weighted by Crippen LogP contribution is -2.23. The molecule has 0 atom stereocenters. The summed E-state index contributed by atoms with van der Waals surface area (Å²) in [4.78, 5) is 4.53. The van der Waals surface area contributed by atoms with Gasteiger partial charge in [0.2, 0.25) is 5.95 Å². The van der Waals surface area contributed by atoms with Crippen LogP contribution < -0.4 is 10.8 Å². The summed E-state index contributed by atoms with van der Waals surface area (Å²) in [6.45, 7) is 1.82. The Morgan fingerprint density at radius 2 is 2.31 bits per heavy atom. The molecule has 1 aromatic heterocycles. The number of hydrogen-bond donors (Lipinski definition) is 2. The highest BCUT2D eigenvalue weighted by Crippen LogP contribution is 2.19. The lowest BCUT2D eigenvalue weighted by Gasteiger charge is -2.06. The second-order valence-electron chi connectivity index (χ2n) is 3.64. The molecule has 2 N–H and O–H groups in total. The van der Waals surface area contributed by atoms with Crippen molar-refractivity contribution in [2.45, 2.75) is 25.8 Å². The molecule has 0 amide bonds. The van der Waals surface area contributed by atoms with Gasteiger partial charge in [-0.15, -0.1) is 0 Å². The molecule has 1 aliphatic carbocycles. The third kappa shape index (κ3) is 0.855. The Kier molecular flexibility index (Phi) is 1.28. The molecule has 0 fully saturated rings. The summed E-state index contributed by atoms with van der Waals surface area (Å²) in [7, 11) is 0. The fraction of sp³-hybridized carbons (Fsp3) is 0.556. The molecular weight excluding hydrogens is 164 g/mol. The zero-order chi connectivity index (χ0) is 8.84. The number of anilines is 1. The maximum Gasteiger partial charge on any atom is 0.204 e. The summed E-state index contributed by atoms with van der Waals surface area (Å²) >= 11 is 0. The van der Waals surface area contributed by atoms with Gasteiger partial charge in [0, 0.05) is 18.7 Å². The largest absolute Gasteiger partial charge is 0.354 e. The number of aromatic nitrogens is 2. The summed E-state index contributed by atoms with van der Waals surface area (Å²) in [5.41, 5.74) is 3.00. The van der Waals surface area contributed by atoms with Gasteiger partial charge in [-0.05, 0) is 19.3 Å². The van der Waals surface area contributed by atoms with Crippen molar-refractivity contribution in [3.63, 3.8) is 0 Å². The molecule has 4 heteroatoms. The first-order valence-electron chi connectivity index (χ1n) is 4.77. The smallest absolute Gasteiger partial charge is 0.204 e. The monoisotopic (exact) mass is 176 g/mol. The second kappa shape index (κ2) is 2.34. The maximum atomic E-state index is 7.99. The Morgan fingerprint density at radius 1 is 1.38 bits per heavy atom. The Bertz CT molecular complexity index is 383. The van der Waals surface area contributed by atoms with Crippen LogP contribution in [-0.4, -0.2) is 16.1 Å². The zero-order valence-electron chi connectivity index (χ0n) is 7.43. The van der Waals surface area contributed by atoms with Crippen LogP contribution in [0, 0.1) is 5.41 Å². The standard InChI is InChI=1S/C9H12N4/c10-8-6-2-1-3-7(6)12-9-11-4-5-13(8)9/h10H,1-5H2,(H,11,12). The molecule has 1 aromatic rings. The maximum absolute atomic E-state index is 7.99. The summed E-state index contributed by atoms with van der Waals surface area (Å²) < 4.78 is 1.98. The van der Waals surface area contributed by atoms with Crippen LogP contribution in [0.4, 0.5) is 5.95 Å². The minimum atomic E-state index is 0.683. The number of hydrogen-bond acceptors (Lipinski definition) is 3. The molecular formula is C9H12N4. The number of fused-ring (bicyclic) bond motifs is 2. The molecule has 0 unspecified atom stereocenters. The first-order chi connectivity index (χ1) is 6.36. The SMILES string of the molecule is N=c1c2c(nc3n1CCN3)CCC2. The van der Waals surface area contributed by atoms with Gasteiger partial charge in [0.05, 0.1) is 5.69 Å². The van der Waals surface area contributed by atoms with Crippen LogP contribution in [0.5, 0.6) is 0 Å². The van der Waals surface area contributed by atoms with E-state index in [1.807, 2.05) is 4.57 Å². The van der Waals surface area contributed by atoms with Crippen molar-refractivity contribution in [1.82, 2.24) is 9.55 Å². The molecule has 2 heterocycles. The van der Waals surface area contributed by atoms with E-state index in [4.69, 9.17) is 5.41 Å². The van der Waals surface area contributed by atoms with Crippen LogP contribution in [0.2, 0.25) is 0 Å². The second-order valence-corrected chi connectivity index (χ2v) is 3.64. The number of aryl methyl sites for hydroxylation is 1. The van der Waals surface area contributed by atoms with Crippen molar-refractivity contribution >= 4 is 5.95 Å². The van der Waals surface area contributed by atoms with E-state index in [0.717, 1.165) is 44.0 Å². The summed E-state index contributed by atoms with van der Waals surface area (Å²) in [6, 6.07) is 0. The molecule has 1 aliphatic heterocycles. The Hall–Kier alpha value is -1.32. The normalized spacial score (nSPS) is 18.2. The Labute approximate surface area is 76.1 Å². The molecule has 4 nitrogen and oxygen atoms in total. The van der Waals surface area contributed by atoms with Crippen LogP contribution in [0.3, 0.4) is 0 Å². The van der Waals surface area contributed by atoms with E-state index in [1.165, 1.54) is 5.56 Å². The minimum Gasteiger partial charge on any atom is -0.354 e. The van der Waals surface area contributed by atoms with Crippen molar-refractivity contribution in [1.29, 1.82) is 5.41 Å². The van der Waals surface area contributed by atoms with Crippen LogP contribution in [0.25, 0.3) is 0 Å². The molecule has 68 valence electrons. The summed E-state index contributed by atoms with van der Waals surface area (Å²) in [6.07, 6.45) is 3.26. The van der Waals surface area contributed by atoms with E-state index in [0.29, 0.717) is 5.49 Å². The number of rotatable bonds is 0. The van der Waals surface area contributed by atoms with Crippen LogP contribution >= 0.6 is 0 Å². The predicted octanol–water partition coefficient (Wildman–Crippen LogP) is 0.277. The van der Waals surface area contributed by atoms with Gasteiger partial charge in [0.15, 0.2) is 0 Å². The highest BCUT2D eigenvalue weighted by Gasteiger charge is 2.20. The van der Waals surface area contributed by atoms with Gasteiger partial charge in [0.1, 0.15) is 5.49 Å². The molecule has 2 aliphatic rings. The van der Waals surface area contributed by atoms with Crippen LogP contribution in [0.15, 0.2) is 0 Å². The van der Waals surface area contributed by atoms with Crippen molar-refractivity contribution in [2.24, 2.45) is 0 Å². The van der Waals surface area contributed by atoms with Gasteiger partial charge in [0.25, 0.3) is 0 Å². The fourth-order valence-electron chi connectivity index (χ4n) is 2.20. The fourth-order valence-corrected chi connectivity index (χ4v) is 2.20. The van der Waals surface area contributed by atoms with E-state index >= 15 is 0 Å². The third-order valence-electron chi connectivity index (χ3n) is 2.86. The number of nitrogens with one attached hydrogen (secondary N) is 2. The molecule has 0 saturated carbocycles. The third-order valence-corrected chi connectivity index (χ3v) is 2.86. The van der Waals surface area contributed by atoms with Gasteiger partial charge < -0.3 is 5.32 Å². The van der Waals surface area contributed by atoms with E-state index in [-0.39, 0.29) is 0 Å².